The number of piperidine rings is 1. The van der Waals surface area contributed by atoms with Crippen LogP contribution in [-0.2, 0) is 6.54 Å². The van der Waals surface area contributed by atoms with Crippen LogP contribution in [0.1, 0.15) is 42.9 Å². The molecule has 2 amide bonds. The monoisotopic (exact) mass is 394 g/mol. The molecule has 3 N–H and O–H groups in total. The van der Waals surface area contributed by atoms with Crippen molar-refractivity contribution in [1.82, 2.24) is 15.2 Å². The number of ether oxygens (including phenoxy) is 2. The van der Waals surface area contributed by atoms with Gasteiger partial charge in [-0.3, -0.25) is 4.90 Å². The summed E-state index contributed by atoms with van der Waals surface area (Å²) in [6, 6.07) is 13.2. The number of pyridine rings is 1. The van der Waals surface area contributed by atoms with Gasteiger partial charge in [0.15, 0.2) is 11.9 Å². The molecule has 2 fully saturated rings. The summed E-state index contributed by atoms with van der Waals surface area (Å²) < 4.78 is 11.8. The number of nitrogens with one attached hydrogen (secondary N) is 1. The van der Waals surface area contributed by atoms with Gasteiger partial charge in [0.1, 0.15) is 6.61 Å². The number of carbonyl (C=O) groups is 1. The van der Waals surface area contributed by atoms with Crippen molar-refractivity contribution in [3.8, 4) is 11.6 Å². The molecule has 2 bridgehead atoms. The highest BCUT2D eigenvalue weighted by atomic mass is 16.6. The Balaban J connectivity index is 1.22. The fraction of sp³-hybridized carbons (Fsp3) is 0.455. The molecule has 152 valence electrons. The maximum Gasteiger partial charge on any atom is 0.312 e. The molecule has 7 nitrogen and oxygen atoms in total. The van der Waals surface area contributed by atoms with Gasteiger partial charge < -0.3 is 20.5 Å². The van der Waals surface area contributed by atoms with Gasteiger partial charge >= 0.3 is 6.03 Å². The van der Waals surface area contributed by atoms with E-state index in [2.05, 4.69) is 39.5 Å². The number of aromatic nitrogens is 1. The predicted octanol–water partition coefficient (Wildman–Crippen LogP) is 2.76. The van der Waals surface area contributed by atoms with E-state index in [4.69, 9.17) is 15.2 Å². The molecule has 1 aromatic carbocycles. The van der Waals surface area contributed by atoms with Crippen molar-refractivity contribution in [3.63, 3.8) is 0 Å². The van der Waals surface area contributed by atoms with Crippen molar-refractivity contribution in [2.24, 2.45) is 5.73 Å². The number of hydrogen-bond donors (Lipinski definition) is 2. The van der Waals surface area contributed by atoms with E-state index in [0.29, 0.717) is 30.3 Å². The summed E-state index contributed by atoms with van der Waals surface area (Å²) in [6.07, 6.45) is 5.93. The molecule has 5 rings (SSSR count). The first-order chi connectivity index (χ1) is 14.2. The summed E-state index contributed by atoms with van der Waals surface area (Å²) in [5.41, 5.74) is 7.70. The Labute approximate surface area is 170 Å². The van der Waals surface area contributed by atoms with E-state index in [9.17, 15) is 4.79 Å². The van der Waals surface area contributed by atoms with Gasteiger partial charge in [-0.25, -0.2) is 9.78 Å². The number of urea groups is 1. The normalized spacial score (nSPS) is 28.1. The zero-order chi connectivity index (χ0) is 19.8. The molecule has 1 aromatic heterocycles. The van der Waals surface area contributed by atoms with E-state index in [1.807, 2.05) is 12.1 Å². The third-order valence-corrected chi connectivity index (χ3v) is 6.33. The smallest absolute Gasteiger partial charge is 0.312 e. The Morgan fingerprint density at radius 3 is 2.66 bits per heavy atom. The molecule has 2 saturated heterocycles. The van der Waals surface area contributed by atoms with Crippen LogP contribution in [-0.4, -0.2) is 40.6 Å². The van der Waals surface area contributed by atoms with Crippen LogP contribution in [0, 0.1) is 0 Å². The van der Waals surface area contributed by atoms with Crippen LogP contribution < -0.4 is 20.5 Å². The largest absolute Gasteiger partial charge is 0.484 e. The number of primary amides is 1. The molecular weight excluding hydrogens is 368 g/mol. The molecule has 3 aliphatic rings. The zero-order valence-electron chi connectivity index (χ0n) is 16.3. The Bertz CT molecular complexity index is 874. The highest BCUT2D eigenvalue weighted by molar-refractivity contribution is 5.72. The molecule has 29 heavy (non-hydrogen) atoms. The van der Waals surface area contributed by atoms with Crippen LogP contribution in [0.4, 0.5) is 4.79 Å². The van der Waals surface area contributed by atoms with E-state index in [0.717, 1.165) is 24.9 Å². The molecule has 0 saturated carbocycles. The van der Waals surface area contributed by atoms with Crippen LogP contribution in [0.2, 0.25) is 0 Å². The summed E-state index contributed by atoms with van der Waals surface area (Å²) in [6.45, 7) is 1.42. The lowest BCUT2D eigenvalue weighted by atomic mass is 9.96. The first kappa shape index (κ1) is 18.2. The highest BCUT2D eigenvalue weighted by Gasteiger charge is 2.40. The van der Waals surface area contributed by atoms with Crippen LogP contribution in [0.15, 0.2) is 42.6 Å². The Kier molecular flexibility index (Phi) is 4.75. The number of carbonyl (C=O) groups excluding carboxylic acids is 1. The molecule has 0 radical (unpaired) electrons. The predicted molar refractivity (Wildman–Crippen MR) is 108 cm³/mol. The van der Waals surface area contributed by atoms with Gasteiger partial charge in [0.2, 0.25) is 0 Å². The zero-order valence-corrected chi connectivity index (χ0v) is 16.3. The van der Waals surface area contributed by atoms with Gasteiger partial charge in [-0.15, -0.1) is 0 Å². The van der Waals surface area contributed by atoms with Crippen molar-refractivity contribution in [2.45, 2.75) is 56.5 Å². The van der Waals surface area contributed by atoms with E-state index in [-0.39, 0.29) is 12.1 Å². The van der Waals surface area contributed by atoms with Gasteiger partial charge in [0.25, 0.3) is 5.88 Å². The number of hydrogen-bond acceptors (Lipinski definition) is 5. The van der Waals surface area contributed by atoms with Crippen LogP contribution >= 0.6 is 0 Å². The van der Waals surface area contributed by atoms with Gasteiger partial charge in [0, 0.05) is 30.9 Å². The molecular formula is C22H26N4O3. The summed E-state index contributed by atoms with van der Waals surface area (Å²) in [5, 5.41) is 2.90. The van der Waals surface area contributed by atoms with E-state index in [1.165, 1.54) is 18.4 Å². The fourth-order valence-electron chi connectivity index (χ4n) is 4.97. The molecule has 3 unspecified atom stereocenters. The molecule has 0 aliphatic carbocycles. The molecule has 4 heterocycles. The van der Waals surface area contributed by atoms with Crippen molar-refractivity contribution < 1.29 is 14.3 Å². The lowest BCUT2D eigenvalue weighted by molar-refractivity contribution is 0.0850. The summed E-state index contributed by atoms with van der Waals surface area (Å²) in [4.78, 5) is 18.0. The second kappa shape index (κ2) is 7.55. The first-order valence-corrected chi connectivity index (χ1v) is 10.3. The Morgan fingerprint density at radius 1 is 1.17 bits per heavy atom. The molecule has 7 heteroatoms. The molecule has 3 aliphatic heterocycles. The molecule has 2 aromatic rings. The number of rotatable bonds is 4. The number of amides is 2. The lowest BCUT2D eigenvalue weighted by Crippen LogP contribution is -2.51. The molecule has 3 atom stereocenters. The van der Waals surface area contributed by atoms with Gasteiger partial charge in [0.05, 0.1) is 0 Å². The SMILES string of the molecule is NC(=O)NC1CC2CCC(C1)N2Cc1ccc(C2COc3cccnc3O2)cc1. The van der Waals surface area contributed by atoms with Crippen molar-refractivity contribution in [1.29, 1.82) is 0 Å². The van der Waals surface area contributed by atoms with Gasteiger partial charge in [-0.1, -0.05) is 24.3 Å². The van der Waals surface area contributed by atoms with E-state index in [1.54, 1.807) is 6.20 Å². The highest BCUT2D eigenvalue weighted by Crippen LogP contribution is 2.37. The number of nitrogens with zero attached hydrogens (tertiary/aromatic N) is 2. The van der Waals surface area contributed by atoms with E-state index >= 15 is 0 Å². The Hall–Kier alpha value is -2.80. The van der Waals surface area contributed by atoms with E-state index < -0.39 is 6.03 Å². The maximum atomic E-state index is 11.2. The topological polar surface area (TPSA) is 89.7 Å². The average Bonchev–Trinajstić information content (AvgIpc) is 2.95. The number of nitrogens with two attached hydrogens (primary N) is 1. The maximum absolute atomic E-state index is 11.2. The number of fused-ring (bicyclic) bond motifs is 3. The third kappa shape index (κ3) is 3.74. The van der Waals surface area contributed by atoms with Gasteiger partial charge in [-0.05, 0) is 48.9 Å². The van der Waals surface area contributed by atoms with Crippen molar-refractivity contribution >= 4 is 6.03 Å². The second-order valence-electron chi connectivity index (χ2n) is 8.20. The minimum absolute atomic E-state index is 0.141. The van der Waals surface area contributed by atoms with Crippen LogP contribution in [0.5, 0.6) is 11.6 Å². The van der Waals surface area contributed by atoms with Crippen LogP contribution in [0.25, 0.3) is 0 Å². The number of benzene rings is 1. The van der Waals surface area contributed by atoms with Crippen molar-refractivity contribution in [2.75, 3.05) is 6.61 Å². The van der Waals surface area contributed by atoms with Crippen LogP contribution in [0.3, 0.4) is 0 Å². The minimum Gasteiger partial charge on any atom is -0.484 e. The van der Waals surface area contributed by atoms with Crippen molar-refractivity contribution in [3.05, 3.63) is 53.7 Å². The lowest BCUT2D eigenvalue weighted by Gasteiger charge is -2.39. The summed E-state index contributed by atoms with van der Waals surface area (Å²) in [7, 11) is 0. The average molecular weight is 394 g/mol. The summed E-state index contributed by atoms with van der Waals surface area (Å²) >= 11 is 0. The fourth-order valence-corrected chi connectivity index (χ4v) is 4.97. The third-order valence-electron chi connectivity index (χ3n) is 6.33. The van der Waals surface area contributed by atoms with Gasteiger partial charge in [-0.2, -0.15) is 0 Å². The second-order valence-corrected chi connectivity index (χ2v) is 8.20. The quantitative estimate of drug-likeness (QED) is 0.832. The molecule has 0 spiro atoms. The Morgan fingerprint density at radius 2 is 1.93 bits per heavy atom. The first-order valence-electron chi connectivity index (χ1n) is 10.3. The summed E-state index contributed by atoms with van der Waals surface area (Å²) in [5.74, 6) is 1.25. The standard InChI is InChI=1S/C22H26N4O3/c23-22(27)25-16-10-17-7-8-18(11-16)26(17)12-14-3-5-15(6-4-14)20-13-28-19-2-1-9-24-21(19)29-20/h1-6,9,16-18,20H,7-8,10-13H2,(H3,23,25,27). The minimum atomic E-state index is -0.412.